The minimum absolute atomic E-state index is 0.772. The fraction of sp³-hybridized carbons (Fsp3) is 0.714. The molecule has 1 aliphatic heterocycles. The van der Waals surface area contributed by atoms with E-state index in [0.717, 1.165) is 37.9 Å². The molecule has 0 bridgehead atoms. The van der Waals surface area contributed by atoms with Crippen LogP contribution in [0.25, 0.3) is 0 Å². The van der Waals surface area contributed by atoms with Gasteiger partial charge in [-0.15, -0.1) is 11.3 Å². The molecule has 4 nitrogen and oxygen atoms in total. The van der Waals surface area contributed by atoms with E-state index >= 15 is 0 Å². The van der Waals surface area contributed by atoms with Gasteiger partial charge in [0.1, 0.15) is 0 Å². The number of aromatic nitrogens is 1. The maximum absolute atomic E-state index is 4.40. The SMILES string of the molecule is CN=C(NCCc1ncc(C)s1)N1CCCC(C)C1. The Morgan fingerprint density at radius 3 is 3.11 bits per heavy atom. The van der Waals surface area contributed by atoms with Gasteiger partial charge in [-0.1, -0.05) is 6.92 Å². The summed E-state index contributed by atoms with van der Waals surface area (Å²) >= 11 is 1.78. The summed E-state index contributed by atoms with van der Waals surface area (Å²) in [4.78, 5) is 12.4. The Hall–Kier alpha value is -1.10. The van der Waals surface area contributed by atoms with E-state index in [1.807, 2.05) is 13.2 Å². The number of thiazole rings is 1. The molecule has 0 spiro atoms. The highest BCUT2D eigenvalue weighted by molar-refractivity contribution is 7.11. The molecule has 1 aliphatic rings. The van der Waals surface area contributed by atoms with Crippen molar-refractivity contribution in [3.8, 4) is 0 Å². The largest absolute Gasteiger partial charge is 0.356 e. The van der Waals surface area contributed by atoms with E-state index in [1.54, 1.807) is 11.3 Å². The van der Waals surface area contributed by atoms with Gasteiger partial charge in [0, 0.05) is 44.2 Å². The average molecular weight is 280 g/mol. The van der Waals surface area contributed by atoms with Gasteiger partial charge in [-0.3, -0.25) is 4.99 Å². The molecule has 1 aromatic rings. The van der Waals surface area contributed by atoms with Gasteiger partial charge in [-0.05, 0) is 25.7 Å². The van der Waals surface area contributed by atoms with E-state index in [-0.39, 0.29) is 0 Å². The Morgan fingerprint density at radius 2 is 2.47 bits per heavy atom. The van der Waals surface area contributed by atoms with Crippen LogP contribution in [0.3, 0.4) is 0 Å². The topological polar surface area (TPSA) is 40.5 Å². The van der Waals surface area contributed by atoms with Crippen LogP contribution in [0.1, 0.15) is 29.7 Å². The molecule has 19 heavy (non-hydrogen) atoms. The number of likely N-dealkylation sites (tertiary alicyclic amines) is 1. The van der Waals surface area contributed by atoms with Crippen LogP contribution in [0.4, 0.5) is 0 Å². The number of hydrogen-bond acceptors (Lipinski definition) is 3. The number of aliphatic imine (C=N–C) groups is 1. The molecule has 5 heteroatoms. The smallest absolute Gasteiger partial charge is 0.193 e. The predicted octanol–water partition coefficient (Wildman–Crippen LogP) is 2.30. The third kappa shape index (κ3) is 4.20. The standard InChI is InChI=1S/C14H24N4S/c1-11-5-4-8-18(10-11)14(15-3)16-7-6-13-17-9-12(2)19-13/h9,11H,4-8,10H2,1-3H3,(H,15,16). The zero-order valence-corrected chi connectivity index (χ0v) is 13.0. The van der Waals surface area contributed by atoms with Crippen LogP contribution in [0.5, 0.6) is 0 Å². The van der Waals surface area contributed by atoms with Crippen LogP contribution >= 0.6 is 11.3 Å². The second kappa shape index (κ2) is 6.89. The molecule has 1 saturated heterocycles. The maximum Gasteiger partial charge on any atom is 0.193 e. The first kappa shape index (κ1) is 14.3. The fourth-order valence-corrected chi connectivity index (χ4v) is 3.30. The Balaban J connectivity index is 1.79. The van der Waals surface area contributed by atoms with Crippen LogP contribution < -0.4 is 5.32 Å². The van der Waals surface area contributed by atoms with Crippen molar-refractivity contribution < 1.29 is 0 Å². The van der Waals surface area contributed by atoms with Crippen molar-refractivity contribution in [2.75, 3.05) is 26.7 Å². The number of nitrogens with one attached hydrogen (secondary N) is 1. The lowest BCUT2D eigenvalue weighted by molar-refractivity contribution is 0.266. The summed E-state index contributed by atoms with van der Waals surface area (Å²) in [6.45, 7) is 7.57. The van der Waals surface area contributed by atoms with E-state index in [4.69, 9.17) is 0 Å². The zero-order valence-electron chi connectivity index (χ0n) is 12.1. The molecule has 1 atom stereocenters. The molecule has 0 aromatic carbocycles. The molecular formula is C14H24N4S. The predicted molar refractivity (Wildman–Crippen MR) is 81.9 cm³/mol. The third-order valence-electron chi connectivity index (χ3n) is 3.46. The molecule has 1 unspecified atom stereocenters. The van der Waals surface area contributed by atoms with Crippen molar-refractivity contribution in [2.45, 2.75) is 33.1 Å². The number of nitrogens with zero attached hydrogens (tertiary/aromatic N) is 3. The van der Waals surface area contributed by atoms with Gasteiger partial charge in [0.15, 0.2) is 5.96 Å². The Bertz CT molecular complexity index is 427. The van der Waals surface area contributed by atoms with Gasteiger partial charge < -0.3 is 10.2 Å². The minimum Gasteiger partial charge on any atom is -0.356 e. The van der Waals surface area contributed by atoms with Crippen LogP contribution in [-0.2, 0) is 6.42 Å². The average Bonchev–Trinajstić information content (AvgIpc) is 2.80. The Morgan fingerprint density at radius 1 is 1.63 bits per heavy atom. The monoisotopic (exact) mass is 280 g/mol. The summed E-state index contributed by atoms with van der Waals surface area (Å²) < 4.78 is 0. The summed E-state index contributed by atoms with van der Waals surface area (Å²) in [5.74, 6) is 1.81. The molecule has 2 heterocycles. The van der Waals surface area contributed by atoms with Crippen molar-refractivity contribution in [2.24, 2.45) is 10.9 Å². The number of guanidine groups is 1. The number of aryl methyl sites for hydroxylation is 1. The van der Waals surface area contributed by atoms with Gasteiger partial charge in [-0.2, -0.15) is 0 Å². The second-order valence-corrected chi connectivity index (χ2v) is 6.60. The summed E-state index contributed by atoms with van der Waals surface area (Å²) in [7, 11) is 1.87. The number of hydrogen-bond donors (Lipinski definition) is 1. The second-order valence-electron chi connectivity index (χ2n) is 5.28. The molecule has 0 aliphatic carbocycles. The van der Waals surface area contributed by atoms with Crippen molar-refractivity contribution >= 4 is 17.3 Å². The van der Waals surface area contributed by atoms with Gasteiger partial charge in [0.25, 0.3) is 0 Å². The molecule has 0 amide bonds. The van der Waals surface area contributed by atoms with Crippen molar-refractivity contribution in [3.63, 3.8) is 0 Å². The van der Waals surface area contributed by atoms with E-state index in [1.165, 1.54) is 22.7 Å². The van der Waals surface area contributed by atoms with E-state index in [0.29, 0.717) is 0 Å². The van der Waals surface area contributed by atoms with Gasteiger partial charge >= 0.3 is 0 Å². The van der Waals surface area contributed by atoms with Crippen LogP contribution in [0, 0.1) is 12.8 Å². The lowest BCUT2D eigenvalue weighted by Crippen LogP contribution is -2.46. The number of piperidine rings is 1. The molecule has 1 N–H and O–H groups in total. The minimum atomic E-state index is 0.772. The van der Waals surface area contributed by atoms with Crippen LogP contribution in [-0.4, -0.2) is 42.5 Å². The molecule has 1 fully saturated rings. The highest BCUT2D eigenvalue weighted by Crippen LogP contribution is 2.15. The fourth-order valence-electron chi connectivity index (χ4n) is 2.51. The first-order valence-corrected chi connectivity index (χ1v) is 7.87. The first-order valence-electron chi connectivity index (χ1n) is 7.06. The van der Waals surface area contributed by atoms with E-state index in [9.17, 15) is 0 Å². The van der Waals surface area contributed by atoms with Crippen molar-refractivity contribution in [1.82, 2.24) is 15.2 Å². The van der Waals surface area contributed by atoms with Crippen molar-refractivity contribution in [1.29, 1.82) is 0 Å². The normalized spacial score (nSPS) is 20.7. The zero-order chi connectivity index (χ0) is 13.7. The third-order valence-corrected chi connectivity index (χ3v) is 4.43. The van der Waals surface area contributed by atoms with E-state index in [2.05, 4.69) is 34.0 Å². The first-order chi connectivity index (χ1) is 9.19. The van der Waals surface area contributed by atoms with Gasteiger partial charge in [0.05, 0.1) is 5.01 Å². The molecule has 1 aromatic heterocycles. The Kier molecular flexibility index (Phi) is 5.19. The summed E-state index contributed by atoms with van der Waals surface area (Å²) in [5, 5.41) is 4.66. The van der Waals surface area contributed by atoms with Gasteiger partial charge in [0.2, 0.25) is 0 Å². The van der Waals surface area contributed by atoms with Crippen molar-refractivity contribution in [3.05, 3.63) is 16.1 Å². The molecule has 106 valence electrons. The Labute approximate surface area is 120 Å². The van der Waals surface area contributed by atoms with E-state index < -0.39 is 0 Å². The maximum atomic E-state index is 4.40. The molecular weight excluding hydrogens is 256 g/mol. The highest BCUT2D eigenvalue weighted by atomic mass is 32.1. The lowest BCUT2D eigenvalue weighted by atomic mass is 10.0. The van der Waals surface area contributed by atoms with Gasteiger partial charge in [-0.25, -0.2) is 4.98 Å². The lowest BCUT2D eigenvalue weighted by Gasteiger charge is -2.33. The number of rotatable bonds is 3. The van der Waals surface area contributed by atoms with Crippen LogP contribution in [0.15, 0.2) is 11.2 Å². The summed E-state index contributed by atoms with van der Waals surface area (Å²) in [6.07, 6.45) is 5.53. The molecule has 2 rings (SSSR count). The summed E-state index contributed by atoms with van der Waals surface area (Å²) in [6, 6.07) is 0. The molecule has 0 radical (unpaired) electrons. The highest BCUT2D eigenvalue weighted by Gasteiger charge is 2.18. The quantitative estimate of drug-likeness (QED) is 0.682. The summed E-state index contributed by atoms with van der Waals surface area (Å²) in [5.41, 5.74) is 0. The molecule has 0 saturated carbocycles. The van der Waals surface area contributed by atoms with Crippen LogP contribution in [0.2, 0.25) is 0 Å².